The molecule has 1 aliphatic rings. The Bertz CT molecular complexity index is 1100. The maximum atomic E-state index is 13.3. The molecule has 2 aromatic rings. The fourth-order valence-corrected chi connectivity index (χ4v) is 5.87. The first-order valence-corrected chi connectivity index (χ1v) is 13.9. The van der Waals surface area contributed by atoms with Crippen LogP contribution in [0.15, 0.2) is 34.7 Å². The van der Waals surface area contributed by atoms with Gasteiger partial charge in [0.15, 0.2) is 15.9 Å². The van der Waals surface area contributed by atoms with E-state index in [1.165, 1.54) is 7.11 Å². The summed E-state index contributed by atoms with van der Waals surface area (Å²) in [5.41, 5.74) is 0.604. The number of carbonyl (C=O) groups excluding carboxylic acids is 2. The fourth-order valence-electron chi connectivity index (χ4n) is 4.17. The number of hydrogen-bond acceptors (Lipinski definition) is 9. The highest BCUT2D eigenvalue weighted by Gasteiger charge is 2.34. The van der Waals surface area contributed by atoms with E-state index in [1.54, 1.807) is 42.2 Å². The van der Waals surface area contributed by atoms with Gasteiger partial charge in [-0.1, -0.05) is 37.3 Å². The van der Waals surface area contributed by atoms with Gasteiger partial charge in [-0.25, -0.2) is 8.42 Å². The number of aliphatic hydroxyl groups excluding tert-OH is 1. The summed E-state index contributed by atoms with van der Waals surface area (Å²) in [7, 11) is -2.25. The standard InChI is InChI=1S/C24H34N4O7S/c1-3-19(22(30)24-27-26-20(35-24)14-34-2)25-23(31)18(13-21(29)28-11-7-8-12-28)16-36(32,33)15-17-9-5-4-6-10-17/h4-6,9-10,18-19,22,30H,3,7-8,11-16H2,1-2H3,(H,25,31). The summed E-state index contributed by atoms with van der Waals surface area (Å²) in [6, 6.07) is 7.86. The van der Waals surface area contributed by atoms with Crippen LogP contribution in [0.4, 0.5) is 0 Å². The van der Waals surface area contributed by atoms with Crippen molar-refractivity contribution >= 4 is 21.7 Å². The molecule has 2 N–H and O–H groups in total. The number of nitrogens with zero attached hydrogens (tertiary/aromatic N) is 3. The maximum Gasteiger partial charge on any atom is 0.247 e. The molecule has 12 heteroatoms. The van der Waals surface area contributed by atoms with E-state index in [9.17, 15) is 23.1 Å². The topological polar surface area (TPSA) is 152 Å². The zero-order chi connectivity index (χ0) is 26.1. The minimum atomic E-state index is -3.71. The summed E-state index contributed by atoms with van der Waals surface area (Å²) in [4.78, 5) is 27.8. The SMILES string of the molecule is CCC(NC(=O)C(CC(=O)N1CCCC1)CS(=O)(=O)Cc1ccccc1)C(O)c1nnc(COC)o1. The van der Waals surface area contributed by atoms with Crippen LogP contribution in [0.1, 0.15) is 56.1 Å². The molecular formula is C24H34N4O7S. The van der Waals surface area contributed by atoms with Gasteiger partial charge in [0.05, 0.1) is 23.5 Å². The average Bonchev–Trinajstić information content (AvgIpc) is 3.55. The number of rotatable bonds is 13. The molecular weight excluding hydrogens is 488 g/mol. The van der Waals surface area contributed by atoms with Gasteiger partial charge in [-0.2, -0.15) is 0 Å². The van der Waals surface area contributed by atoms with Crippen molar-refractivity contribution in [3.63, 3.8) is 0 Å². The smallest absolute Gasteiger partial charge is 0.247 e. The average molecular weight is 523 g/mol. The van der Waals surface area contributed by atoms with Crippen LogP contribution in [0, 0.1) is 5.92 Å². The molecule has 3 atom stereocenters. The van der Waals surface area contributed by atoms with E-state index in [2.05, 4.69) is 15.5 Å². The van der Waals surface area contributed by atoms with E-state index in [0.717, 1.165) is 12.8 Å². The molecule has 1 aromatic carbocycles. The first kappa shape index (κ1) is 27.8. The number of sulfone groups is 1. The number of benzene rings is 1. The Morgan fingerprint density at radius 3 is 2.53 bits per heavy atom. The minimum absolute atomic E-state index is 0.0723. The molecule has 1 saturated heterocycles. The van der Waals surface area contributed by atoms with Crippen LogP contribution < -0.4 is 5.32 Å². The van der Waals surface area contributed by atoms with Crippen LogP contribution >= 0.6 is 0 Å². The van der Waals surface area contributed by atoms with E-state index in [1.807, 2.05) is 0 Å². The number of nitrogens with one attached hydrogen (secondary N) is 1. The highest BCUT2D eigenvalue weighted by Crippen LogP contribution is 2.21. The van der Waals surface area contributed by atoms with E-state index >= 15 is 0 Å². The Hall–Kier alpha value is -2.83. The maximum absolute atomic E-state index is 13.3. The third-order valence-electron chi connectivity index (χ3n) is 6.09. The lowest BCUT2D eigenvalue weighted by Gasteiger charge is -2.25. The fraction of sp³-hybridized carbons (Fsp3) is 0.583. The summed E-state index contributed by atoms with van der Waals surface area (Å²) in [6.45, 7) is 3.02. The number of hydrogen-bond donors (Lipinski definition) is 2. The van der Waals surface area contributed by atoms with Gasteiger partial charge in [0.1, 0.15) is 6.61 Å². The molecule has 1 aliphatic heterocycles. The summed E-state index contributed by atoms with van der Waals surface area (Å²) >= 11 is 0. The minimum Gasteiger partial charge on any atom is -0.420 e. The second-order valence-electron chi connectivity index (χ2n) is 8.96. The van der Waals surface area contributed by atoms with Crippen LogP contribution in [-0.2, 0) is 36.5 Å². The van der Waals surface area contributed by atoms with Crippen LogP contribution in [0.25, 0.3) is 0 Å². The third-order valence-corrected chi connectivity index (χ3v) is 7.77. The summed E-state index contributed by atoms with van der Waals surface area (Å²) in [5.74, 6) is -2.62. The highest BCUT2D eigenvalue weighted by molar-refractivity contribution is 7.90. The quantitative estimate of drug-likeness (QED) is 0.397. The van der Waals surface area contributed by atoms with Crippen molar-refractivity contribution in [2.45, 2.75) is 57.1 Å². The van der Waals surface area contributed by atoms with E-state index in [0.29, 0.717) is 25.1 Å². The van der Waals surface area contributed by atoms with Gasteiger partial charge in [-0.05, 0) is 24.8 Å². The van der Waals surface area contributed by atoms with Crippen LogP contribution in [0.2, 0.25) is 0 Å². The number of aliphatic hydroxyl groups is 1. The molecule has 2 heterocycles. The molecule has 3 rings (SSSR count). The molecule has 3 unspecified atom stereocenters. The van der Waals surface area contributed by atoms with E-state index < -0.39 is 39.6 Å². The lowest BCUT2D eigenvalue weighted by Crippen LogP contribution is -2.45. The lowest BCUT2D eigenvalue weighted by atomic mass is 10.0. The number of likely N-dealkylation sites (tertiary alicyclic amines) is 1. The van der Waals surface area contributed by atoms with Crippen molar-refractivity contribution in [1.82, 2.24) is 20.4 Å². The first-order chi connectivity index (χ1) is 17.2. The van der Waals surface area contributed by atoms with Gasteiger partial charge in [0, 0.05) is 26.6 Å². The zero-order valence-electron chi connectivity index (χ0n) is 20.6. The predicted molar refractivity (Wildman–Crippen MR) is 130 cm³/mol. The molecule has 0 spiro atoms. The highest BCUT2D eigenvalue weighted by atomic mass is 32.2. The van der Waals surface area contributed by atoms with Crippen molar-refractivity contribution in [2.75, 3.05) is 26.0 Å². The van der Waals surface area contributed by atoms with Crippen LogP contribution in [0.5, 0.6) is 0 Å². The Labute approximate surface area is 211 Å². The zero-order valence-corrected chi connectivity index (χ0v) is 21.4. The van der Waals surface area contributed by atoms with Gasteiger partial charge in [-0.3, -0.25) is 9.59 Å². The number of ether oxygens (including phenoxy) is 1. The third kappa shape index (κ3) is 7.84. The summed E-state index contributed by atoms with van der Waals surface area (Å²) < 4.78 is 36.3. The van der Waals surface area contributed by atoms with Crippen molar-refractivity contribution in [2.24, 2.45) is 5.92 Å². The first-order valence-electron chi connectivity index (χ1n) is 12.0. The van der Waals surface area contributed by atoms with Crippen molar-refractivity contribution in [1.29, 1.82) is 0 Å². The van der Waals surface area contributed by atoms with Gasteiger partial charge in [0.2, 0.25) is 23.6 Å². The molecule has 1 aromatic heterocycles. The molecule has 0 saturated carbocycles. The molecule has 1 fully saturated rings. The lowest BCUT2D eigenvalue weighted by molar-refractivity contribution is -0.135. The monoisotopic (exact) mass is 522 g/mol. The Kier molecular flexibility index (Phi) is 9.97. The van der Waals surface area contributed by atoms with Crippen LogP contribution in [-0.4, -0.2) is 72.4 Å². The second-order valence-corrected chi connectivity index (χ2v) is 11.1. The Morgan fingerprint density at radius 2 is 1.89 bits per heavy atom. The predicted octanol–water partition coefficient (Wildman–Crippen LogP) is 1.39. The van der Waals surface area contributed by atoms with Crippen LogP contribution in [0.3, 0.4) is 0 Å². The van der Waals surface area contributed by atoms with Gasteiger partial charge >= 0.3 is 0 Å². The second kappa shape index (κ2) is 12.9. The molecule has 198 valence electrons. The summed E-state index contributed by atoms with van der Waals surface area (Å²) in [6.07, 6.45) is 0.527. The number of amides is 2. The molecule has 0 bridgehead atoms. The molecule has 0 aliphatic carbocycles. The van der Waals surface area contributed by atoms with Crippen molar-refractivity contribution in [3.8, 4) is 0 Å². The molecule has 11 nitrogen and oxygen atoms in total. The van der Waals surface area contributed by atoms with Crippen molar-refractivity contribution < 1.29 is 32.3 Å². The number of methoxy groups -OCH3 is 1. The molecule has 2 amide bonds. The Morgan fingerprint density at radius 1 is 1.19 bits per heavy atom. The largest absolute Gasteiger partial charge is 0.420 e. The van der Waals surface area contributed by atoms with Gasteiger partial charge in [0.25, 0.3) is 0 Å². The van der Waals surface area contributed by atoms with Crippen molar-refractivity contribution in [3.05, 3.63) is 47.7 Å². The summed E-state index contributed by atoms with van der Waals surface area (Å²) in [5, 5.41) is 21.0. The Balaban J connectivity index is 1.74. The van der Waals surface area contributed by atoms with Gasteiger partial charge in [-0.15, -0.1) is 10.2 Å². The number of aromatic nitrogens is 2. The number of carbonyl (C=O) groups is 2. The normalized spacial score (nSPS) is 16.5. The molecule has 0 radical (unpaired) electrons. The van der Waals surface area contributed by atoms with E-state index in [-0.39, 0.29) is 36.5 Å². The van der Waals surface area contributed by atoms with Gasteiger partial charge < -0.3 is 24.5 Å². The molecule has 36 heavy (non-hydrogen) atoms. The van der Waals surface area contributed by atoms with E-state index in [4.69, 9.17) is 9.15 Å².